The summed E-state index contributed by atoms with van der Waals surface area (Å²) >= 11 is 0. The van der Waals surface area contributed by atoms with E-state index in [9.17, 15) is 17.6 Å². The molecule has 0 spiro atoms. The molecule has 0 atom stereocenters. The topological polar surface area (TPSA) is 101 Å². The van der Waals surface area contributed by atoms with Crippen LogP contribution in [0.4, 0.5) is 21.6 Å². The summed E-state index contributed by atoms with van der Waals surface area (Å²) in [7, 11) is -2.20. The average Bonchev–Trinajstić information content (AvgIpc) is 3.50. The number of nitrogens with zero attached hydrogens (tertiary/aromatic N) is 2. The van der Waals surface area contributed by atoms with Crippen LogP contribution in [0.15, 0.2) is 30.5 Å². The number of sulfonamides is 1. The molecule has 0 saturated heterocycles. The van der Waals surface area contributed by atoms with Gasteiger partial charge in [0.25, 0.3) is 5.91 Å². The number of carbonyl (C=O) groups is 1. The molecule has 1 aromatic carbocycles. The van der Waals surface area contributed by atoms with Crippen LogP contribution < -0.4 is 15.1 Å². The Morgan fingerprint density at radius 1 is 1.38 bits per heavy atom. The number of amides is 1. The number of hydroxylamine groups is 1. The highest BCUT2D eigenvalue weighted by Crippen LogP contribution is 2.44. The molecule has 0 unspecified atom stereocenters. The van der Waals surface area contributed by atoms with Gasteiger partial charge in [0.05, 0.1) is 29.8 Å². The smallest absolute Gasteiger partial charge is 0.278 e. The van der Waals surface area contributed by atoms with Crippen molar-refractivity contribution in [3.8, 4) is 0 Å². The van der Waals surface area contributed by atoms with Crippen LogP contribution in [0.3, 0.4) is 0 Å². The zero-order valence-electron chi connectivity index (χ0n) is 16.4. The van der Waals surface area contributed by atoms with Gasteiger partial charge in [-0.05, 0) is 55.5 Å². The molecule has 8 nitrogen and oxygen atoms in total. The van der Waals surface area contributed by atoms with E-state index in [1.165, 1.54) is 25.4 Å². The Labute approximate surface area is 169 Å². The second kappa shape index (κ2) is 8.34. The zero-order chi connectivity index (χ0) is 21.2. The van der Waals surface area contributed by atoms with Crippen molar-refractivity contribution in [3.05, 3.63) is 47.4 Å². The van der Waals surface area contributed by atoms with Crippen molar-refractivity contribution in [1.82, 2.24) is 10.5 Å². The van der Waals surface area contributed by atoms with E-state index in [1.54, 1.807) is 19.1 Å². The fourth-order valence-electron chi connectivity index (χ4n) is 2.83. The van der Waals surface area contributed by atoms with E-state index < -0.39 is 21.7 Å². The van der Waals surface area contributed by atoms with Crippen LogP contribution in [0.25, 0.3) is 0 Å². The SMILES string of the molecule is CCONC(=O)c1cccnc1Nc1cc(F)c(C2CC2)cc1N(C)S(C)(=O)=O. The molecule has 1 aliphatic carbocycles. The molecule has 1 fully saturated rings. The lowest BCUT2D eigenvalue weighted by Gasteiger charge is -2.22. The Kier molecular flexibility index (Phi) is 6.04. The van der Waals surface area contributed by atoms with Crippen molar-refractivity contribution in [3.63, 3.8) is 0 Å². The minimum atomic E-state index is -3.59. The van der Waals surface area contributed by atoms with Crippen molar-refractivity contribution in [2.45, 2.75) is 25.7 Å². The summed E-state index contributed by atoms with van der Waals surface area (Å²) in [4.78, 5) is 21.4. The summed E-state index contributed by atoms with van der Waals surface area (Å²) in [5.74, 6) is -0.725. The van der Waals surface area contributed by atoms with E-state index in [0.717, 1.165) is 23.4 Å². The molecule has 1 heterocycles. The first-order chi connectivity index (χ1) is 13.7. The number of aromatic nitrogens is 1. The molecule has 0 aliphatic heterocycles. The van der Waals surface area contributed by atoms with Gasteiger partial charge < -0.3 is 5.32 Å². The van der Waals surface area contributed by atoms with Crippen LogP contribution >= 0.6 is 0 Å². The Morgan fingerprint density at radius 3 is 2.72 bits per heavy atom. The lowest BCUT2D eigenvalue weighted by Crippen LogP contribution is -2.26. The summed E-state index contributed by atoms with van der Waals surface area (Å²) in [5, 5.41) is 2.91. The van der Waals surface area contributed by atoms with Gasteiger partial charge >= 0.3 is 0 Å². The highest BCUT2D eigenvalue weighted by atomic mass is 32.2. The molecule has 2 aromatic rings. The lowest BCUT2D eigenvalue weighted by molar-refractivity contribution is 0.0365. The standard InChI is InChI=1S/C19H23FN4O4S/c1-4-28-23-19(25)13-6-5-9-21-18(13)22-16-11-15(20)14(12-7-8-12)10-17(16)24(2)29(3,26)27/h5-6,9-12H,4,7-8H2,1-3H3,(H,21,22)(H,23,25). The molecule has 0 radical (unpaired) electrons. The number of hydrogen-bond donors (Lipinski definition) is 2. The van der Waals surface area contributed by atoms with Crippen LogP contribution in [-0.2, 0) is 14.9 Å². The number of pyridine rings is 1. The Hall–Kier alpha value is -2.72. The number of hydrogen-bond acceptors (Lipinski definition) is 6. The monoisotopic (exact) mass is 422 g/mol. The molecular weight excluding hydrogens is 399 g/mol. The Balaban J connectivity index is 2.03. The predicted molar refractivity (Wildman–Crippen MR) is 108 cm³/mol. The fraction of sp³-hybridized carbons (Fsp3) is 0.368. The molecular formula is C19H23FN4O4S. The molecule has 3 rings (SSSR count). The molecule has 10 heteroatoms. The molecule has 156 valence electrons. The van der Waals surface area contributed by atoms with Gasteiger partial charge in [0.2, 0.25) is 10.0 Å². The second-order valence-electron chi connectivity index (χ2n) is 6.78. The van der Waals surface area contributed by atoms with E-state index in [2.05, 4.69) is 15.8 Å². The van der Waals surface area contributed by atoms with E-state index >= 15 is 0 Å². The fourth-order valence-corrected chi connectivity index (χ4v) is 3.34. The maximum absolute atomic E-state index is 14.7. The van der Waals surface area contributed by atoms with Gasteiger partial charge in [0.15, 0.2) is 0 Å². The number of benzene rings is 1. The highest BCUT2D eigenvalue weighted by Gasteiger charge is 2.29. The first-order valence-corrected chi connectivity index (χ1v) is 11.0. The van der Waals surface area contributed by atoms with Gasteiger partial charge in [-0.2, -0.15) is 0 Å². The summed E-state index contributed by atoms with van der Waals surface area (Å²) in [6.45, 7) is 2.01. The van der Waals surface area contributed by atoms with Crippen LogP contribution in [0.1, 0.15) is 41.6 Å². The number of anilines is 3. The van der Waals surface area contributed by atoms with Crippen molar-refractivity contribution < 1.29 is 22.4 Å². The molecule has 1 aliphatic rings. The zero-order valence-corrected chi connectivity index (χ0v) is 17.2. The minimum Gasteiger partial charge on any atom is -0.338 e. The summed E-state index contributed by atoms with van der Waals surface area (Å²) in [5.41, 5.74) is 3.39. The first kappa shape index (κ1) is 21.0. The second-order valence-corrected chi connectivity index (χ2v) is 8.80. The van der Waals surface area contributed by atoms with Gasteiger partial charge in [-0.3, -0.25) is 13.9 Å². The van der Waals surface area contributed by atoms with E-state index in [1.807, 2.05) is 0 Å². The maximum atomic E-state index is 14.7. The number of nitrogens with one attached hydrogen (secondary N) is 2. The summed E-state index contributed by atoms with van der Waals surface area (Å²) in [6.07, 6.45) is 4.27. The summed E-state index contributed by atoms with van der Waals surface area (Å²) in [6, 6.07) is 5.88. The number of halogens is 1. The molecule has 2 N–H and O–H groups in total. The van der Waals surface area contributed by atoms with Crippen molar-refractivity contribution >= 4 is 33.1 Å². The van der Waals surface area contributed by atoms with Gasteiger partial charge in [0, 0.05) is 13.2 Å². The molecule has 1 saturated carbocycles. The van der Waals surface area contributed by atoms with Crippen LogP contribution in [0.2, 0.25) is 0 Å². The number of carbonyl (C=O) groups excluding carboxylic acids is 1. The third-order valence-electron chi connectivity index (χ3n) is 4.58. The van der Waals surface area contributed by atoms with Crippen molar-refractivity contribution in [2.75, 3.05) is 29.5 Å². The van der Waals surface area contributed by atoms with E-state index in [-0.39, 0.29) is 35.3 Å². The van der Waals surface area contributed by atoms with Crippen LogP contribution in [0.5, 0.6) is 0 Å². The molecule has 0 bridgehead atoms. The normalized spacial score (nSPS) is 13.8. The third kappa shape index (κ3) is 4.83. The van der Waals surface area contributed by atoms with Crippen LogP contribution in [-0.4, -0.2) is 39.2 Å². The van der Waals surface area contributed by atoms with Crippen molar-refractivity contribution in [2.24, 2.45) is 0 Å². The molecule has 1 aromatic heterocycles. The number of rotatable bonds is 8. The quantitative estimate of drug-likeness (QED) is 0.635. The first-order valence-electron chi connectivity index (χ1n) is 9.14. The predicted octanol–water partition coefficient (Wildman–Crippen LogP) is 2.92. The largest absolute Gasteiger partial charge is 0.338 e. The maximum Gasteiger partial charge on any atom is 0.278 e. The highest BCUT2D eigenvalue weighted by molar-refractivity contribution is 7.92. The lowest BCUT2D eigenvalue weighted by atomic mass is 10.1. The Bertz CT molecular complexity index is 1020. The van der Waals surface area contributed by atoms with Gasteiger partial charge in [0.1, 0.15) is 11.6 Å². The van der Waals surface area contributed by atoms with E-state index in [0.29, 0.717) is 5.56 Å². The molecule has 1 amide bonds. The Morgan fingerprint density at radius 2 is 2.10 bits per heavy atom. The summed E-state index contributed by atoms with van der Waals surface area (Å²) < 4.78 is 40.0. The van der Waals surface area contributed by atoms with Crippen LogP contribution in [0, 0.1) is 5.82 Å². The third-order valence-corrected chi connectivity index (χ3v) is 5.78. The average molecular weight is 422 g/mol. The van der Waals surface area contributed by atoms with Crippen molar-refractivity contribution in [1.29, 1.82) is 0 Å². The molecule has 29 heavy (non-hydrogen) atoms. The van der Waals surface area contributed by atoms with E-state index in [4.69, 9.17) is 4.84 Å². The van der Waals surface area contributed by atoms with Gasteiger partial charge in [-0.25, -0.2) is 23.3 Å². The minimum absolute atomic E-state index is 0.0955. The van der Waals surface area contributed by atoms with Gasteiger partial charge in [-0.1, -0.05) is 0 Å². The van der Waals surface area contributed by atoms with Gasteiger partial charge in [-0.15, -0.1) is 0 Å².